The Morgan fingerprint density at radius 1 is 1.56 bits per heavy atom. The molecule has 0 amide bonds. The maximum Gasteiger partial charge on any atom is 0.0942 e. The van der Waals surface area contributed by atoms with Crippen molar-refractivity contribution in [3.05, 3.63) is 39.6 Å². The highest BCUT2D eigenvalue weighted by Crippen LogP contribution is 2.32. The molecule has 3 rings (SSSR count). The number of nitrogens with zero attached hydrogens (tertiary/aromatic N) is 2. The molecule has 1 aliphatic carbocycles. The fourth-order valence-corrected chi connectivity index (χ4v) is 3.45. The van der Waals surface area contributed by atoms with Crippen LogP contribution in [0.4, 0.5) is 0 Å². The summed E-state index contributed by atoms with van der Waals surface area (Å²) in [6, 6.07) is 2.15. The van der Waals surface area contributed by atoms with Crippen molar-refractivity contribution in [1.82, 2.24) is 9.55 Å². The molecule has 0 saturated heterocycles. The summed E-state index contributed by atoms with van der Waals surface area (Å²) in [6.07, 6.45) is 5.68. The van der Waals surface area contributed by atoms with E-state index in [4.69, 9.17) is 0 Å². The van der Waals surface area contributed by atoms with Crippen molar-refractivity contribution in [2.24, 2.45) is 0 Å². The second-order valence-corrected chi connectivity index (χ2v) is 5.90. The number of aliphatic hydroxyl groups excluding tert-OH is 1. The summed E-state index contributed by atoms with van der Waals surface area (Å²) in [5.41, 5.74) is 3.75. The summed E-state index contributed by atoms with van der Waals surface area (Å²) in [5.74, 6) is 0. The van der Waals surface area contributed by atoms with Gasteiger partial charge in [0.2, 0.25) is 0 Å². The Hall–Kier alpha value is -1.13. The molecule has 18 heavy (non-hydrogen) atoms. The van der Waals surface area contributed by atoms with E-state index in [1.54, 1.807) is 11.3 Å². The predicted octanol–water partition coefficient (Wildman–Crippen LogP) is 2.87. The number of thiazole rings is 1. The van der Waals surface area contributed by atoms with Crippen molar-refractivity contribution in [3.8, 4) is 0 Å². The second-order valence-electron chi connectivity index (χ2n) is 4.92. The highest BCUT2D eigenvalue weighted by atomic mass is 32.1. The first kappa shape index (κ1) is 11.9. The third-order valence-electron chi connectivity index (χ3n) is 3.73. The van der Waals surface area contributed by atoms with Crippen LogP contribution in [0.25, 0.3) is 0 Å². The molecular weight excluding hydrogens is 244 g/mol. The van der Waals surface area contributed by atoms with Crippen LogP contribution in [0.3, 0.4) is 0 Å². The monoisotopic (exact) mass is 262 g/mol. The molecule has 0 bridgehead atoms. The van der Waals surface area contributed by atoms with Crippen molar-refractivity contribution in [1.29, 1.82) is 0 Å². The zero-order chi connectivity index (χ0) is 12.5. The van der Waals surface area contributed by atoms with Gasteiger partial charge in [0.15, 0.2) is 0 Å². The van der Waals surface area contributed by atoms with E-state index >= 15 is 0 Å². The maximum atomic E-state index is 10.0. The van der Waals surface area contributed by atoms with Crippen LogP contribution in [0.2, 0.25) is 0 Å². The van der Waals surface area contributed by atoms with E-state index in [1.807, 2.05) is 11.6 Å². The van der Waals surface area contributed by atoms with Crippen LogP contribution >= 0.6 is 11.3 Å². The van der Waals surface area contributed by atoms with Crippen LogP contribution < -0.4 is 0 Å². The Labute approximate surface area is 111 Å². The molecule has 2 aromatic heterocycles. The van der Waals surface area contributed by atoms with Crippen LogP contribution in [0.15, 0.2) is 17.6 Å². The molecule has 2 heterocycles. The minimum Gasteiger partial charge on any atom is -0.388 e. The van der Waals surface area contributed by atoms with Gasteiger partial charge in [0, 0.05) is 41.5 Å². The average molecular weight is 262 g/mol. The topological polar surface area (TPSA) is 38.0 Å². The second kappa shape index (κ2) is 4.86. The van der Waals surface area contributed by atoms with Crippen LogP contribution in [0.1, 0.15) is 40.9 Å². The molecule has 96 valence electrons. The Morgan fingerprint density at radius 3 is 3.22 bits per heavy atom. The number of aromatic nitrogens is 2. The minimum absolute atomic E-state index is 0.256. The lowest BCUT2D eigenvalue weighted by Crippen LogP contribution is -2.13. The van der Waals surface area contributed by atoms with Gasteiger partial charge in [-0.25, -0.2) is 4.98 Å². The molecule has 0 aromatic carbocycles. The maximum absolute atomic E-state index is 10.0. The zero-order valence-electron chi connectivity index (χ0n) is 10.6. The SMILES string of the molecule is Cc1cc2c(n1CCc1nccs1)CCCC2O. The molecular formula is C14H18N2OS. The molecule has 0 saturated carbocycles. The molecule has 1 N–H and O–H groups in total. The van der Waals surface area contributed by atoms with E-state index in [0.29, 0.717) is 0 Å². The molecule has 1 atom stereocenters. The van der Waals surface area contributed by atoms with E-state index < -0.39 is 0 Å². The first-order valence-corrected chi connectivity index (χ1v) is 7.39. The van der Waals surface area contributed by atoms with E-state index in [-0.39, 0.29) is 6.10 Å². The van der Waals surface area contributed by atoms with Gasteiger partial charge in [0.25, 0.3) is 0 Å². The molecule has 0 radical (unpaired) electrons. The van der Waals surface area contributed by atoms with Crippen molar-refractivity contribution < 1.29 is 5.11 Å². The van der Waals surface area contributed by atoms with Gasteiger partial charge in [-0.3, -0.25) is 0 Å². The summed E-state index contributed by atoms with van der Waals surface area (Å²) < 4.78 is 2.36. The molecule has 1 aliphatic rings. The summed E-state index contributed by atoms with van der Waals surface area (Å²) in [6.45, 7) is 3.11. The number of aliphatic hydroxyl groups is 1. The normalized spacial score (nSPS) is 18.9. The molecule has 0 fully saturated rings. The summed E-state index contributed by atoms with van der Waals surface area (Å²) in [7, 11) is 0. The lowest BCUT2D eigenvalue weighted by molar-refractivity contribution is 0.155. The average Bonchev–Trinajstić information content (AvgIpc) is 2.95. The van der Waals surface area contributed by atoms with E-state index in [0.717, 1.165) is 37.8 Å². The smallest absolute Gasteiger partial charge is 0.0942 e. The lowest BCUT2D eigenvalue weighted by atomic mass is 9.95. The van der Waals surface area contributed by atoms with Crippen LogP contribution in [0.5, 0.6) is 0 Å². The lowest BCUT2D eigenvalue weighted by Gasteiger charge is -2.20. The van der Waals surface area contributed by atoms with Crippen molar-refractivity contribution in [3.63, 3.8) is 0 Å². The fraction of sp³-hybridized carbons (Fsp3) is 0.500. The number of hydrogen-bond donors (Lipinski definition) is 1. The molecule has 0 spiro atoms. The predicted molar refractivity (Wildman–Crippen MR) is 72.9 cm³/mol. The zero-order valence-corrected chi connectivity index (χ0v) is 11.4. The highest BCUT2D eigenvalue weighted by molar-refractivity contribution is 7.09. The molecule has 1 unspecified atom stereocenters. The Balaban J connectivity index is 1.83. The summed E-state index contributed by atoms with van der Waals surface area (Å²) in [5, 5.41) is 13.2. The van der Waals surface area contributed by atoms with Gasteiger partial charge in [-0.1, -0.05) is 0 Å². The largest absolute Gasteiger partial charge is 0.388 e. The van der Waals surface area contributed by atoms with Crippen molar-refractivity contribution in [2.45, 2.75) is 45.3 Å². The number of aryl methyl sites for hydroxylation is 2. The Morgan fingerprint density at radius 2 is 2.44 bits per heavy atom. The third kappa shape index (κ3) is 2.10. The molecule has 0 aliphatic heterocycles. The quantitative estimate of drug-likeness (QED) is 0.923. The van der Waals surface area contributed by atoms with Gasteiger partial charge < -0.3 is 9.67 Å². The van der Waals surface area contributed by atoms with Gasteiger partial charge in [-0.05, 0) is 32.3 Å². The summed E-state index contributed by atoms with van der Waals surface area (Å²) in [4.78, 5) is 4.33. The number of hydrogen-bond acceptors (Lipinski definition) is 3. The summed E-state index contributed by atoms with van der Waals surface area (Å²) >= 11 is 1.71. The molecule has 2 aromatic rings. The molecule has 3 nitrogen and oxygen atoms in total. The van der Waals surface area contributed by atoms with Gasteiger partial charge >= 0.3 is 0 Å². The van der Waals surface area contributed by atoms with E-state index in [2.05, 4.69) is 22.5 Å². The number of fused-ring (bicyclic) bond motifs is 1. The Kier molecular flexibility index (Phi) is 3.22. The minimum atomic E-state index is -0.256. The van der Waals surface area contributed by atoms with Gasteiger partial charge in [-0.2, -0.15) is 0 Å². The van der Waals surface area contributed by atoms with Crippen LogP contribution in [-0.4, -0.2) is 14.7 Å². The van der Waals surface area contributed by atoms with Crippen molar-refractivity contribution >= 4 is 11.3 Å². The van der Waals surface area contributed by atoms with Crippen LogP contribution in [-0.2, 0) is 19.4 Å². The van der Waals surface area contributed by atoms with E-state index in [9.17, 15) is 5.11 Å². The van der Waals surface area contributed by atoms with Gasteiger partial charge in [-0.15, -0.1) is 11.3 Å². The van der Waals surface area contributed by atoms with Crippen LogP contribution in [0, 0.1) is 6.92 Å². The standard InChI is InChI=1S/C14H18N2OS/c1-10-9-11-12(3-2-4-13(11)17)16(10)7-5-14-15-6-8-18-14/h6,8-9,13,17H,2-5,7H2,1H3. The Bertz CT molecular complexity index is 530. The fourth-order valence-electron chi connectivity index (χ4n) is 2.84. The number of rotatable bonds is 3. The molecule has 4 heteroatoms. The highest BCUT2D eigenvalue weighted by Gasteiger charge is 2.22. The van der Waals surface area contributed by atoms with Gasteiger partial charge in [0.05, 0.1) is 11.1 Å². The van der Waals surface area contributed by atoms with Gasteiger partial charge in [0.1, 0.15) is 0 Å². The van der Waals surface area contributed by atoms with E-state index in [1.165, 1.54) is 16.4 Å². The third-order valence-corrected chi connectivity index (χ3v) is 4.57. The van der Waals surface area contributed by atoms with Crippen molar-refractivity contribution in [2.75, 3.05) is 0 Å². The first-order chi connectivity index (χ1) is 8.75. The first-order valence-electron chi connectivity index (χ1n) is 6.51.